The molecule has 0 unspecified atom stereocenters. The maximum absolute atomic E-state index is 12.4. The fraction of sp³-hybridized carbons (Fsp3) is 0.471. The van der Waals surface area contributed by atoms with Gasteiger partial charge in [0.15, 0.2) is 11.5 Å². The highest BCUT2D eigenvalue weighted by Crippen LogP contribution is 2.31. The number of urea groups is 1. The normalized spacial score (nSPS) is 16.0. The molecule has 9 heteroatoms. The Balaban J connectivity index is 1.52. The van der Waals surface area contributed by atoms with E-state index in [1.54, 1.807) is 4.90 Å². The van der Waals surface area contributed by atoms with Crippen molar-refractivity contribution in [1.82, 2.24) is 15.1 Å². The summed E-state index contributed by atoms with van der Waals surface area (Å²) in [4.78, 5) is 38.3. The molecule has 1 fully saturated rings. The quantitative estimate of drug-likeness (QED) is 0.809. The number of amides is 4. The lowest BCUT2D eigenvalue weighted by atomic mass is 10.2. The number of ether oxygens (including phenoxy) is 2. The number of hydrogen-bond acceptors (Lipinski definition) is 6. The Morgan fingerprint density at radius 2 is 2.04 bits per heavy atom. The fourth-order valence-corrected chi connectivity index (χ4v) is 3.47. The molecule has 4 amide bonds. The zero-order valence-corrected chi connectivity index (χ0v) is 15.3. The van der Waals surface area contributed by atoms with Gasteiger partial charge in [0, 0.05) is 26.2 Å². The molecule has 0 bridgehead atoms. The molecule has 0 spiro atoms. The summed E-state index contributed by atoms with van der Waals surface area (Å²) in [5, 5.41) is 2.50. The zero-order valence-electron chi connectivity index (χ0n) is 14.5. The number of fused-ring (bicyclic) bond motifs is 1. The molecule has 8 nitrogen and oxygen atoms in total. The number of benzene rings is 1. The van der Waals surface area contributed by atoms with E-state index in [9.17, 15) is 14.4 Å². The van der Waals surface area contributed by atoms with E-state index >= 15 is 0 Å². The van der Waals surface area contributed by atoms with Crippen LogP contribution in [0.3, 0.4) is 0 Å². The van der Waals surface area contributed by atoms with Gasteiger partial charge in [-0.2, -0.15) is 0 Å². The van der Waals surface area contributed by atoms with Crippen molar-refractivity contribution >= 4 is 28.9 Å². The van der Waals surface area contributed by atoms with E-state index in [1.165, 1.54) is 4.90 Å². The molecule has 26 heavy (non-hydrogen) atoms. The Labute approximate surface area is 155 Å². The van der Waals surface area contributed by atoms with Crippen molar-refractivity contribution in [2.45, 2.75) is 13.5 Å². The number of nitrogens with zero attached hydrogens (tertiary/aromatic N) is 2. The van der Waals surface area contributed by atoms with Gasteiger partial charge in [0.05, 0.1) is 5.75 Å². The van der Waals surface area contributed by atoms with E-state index in [2.05, 4.69) is 5.32 Å². The Bertz CT molecular complexity index is 696. The second-order valence-electron chi connectivity index (χ2n) is 5.82. The number of hydrogen-bond donors (Lipinski definition) is 1. The van der Waals surface area contributed by atoms with Crippen LogP contribution < -0.4 is 14.8 Å². The summed E-state index contributed by atoms with van der Waals surface area (Å²) in [6, 6.07) is 5.39. The number of thioether (sulfide) groups is 1. The first-order valence-corrected chi connectivity index (χ1v) is 9.45. The molecule has 1 saturated heterocycles. The summed E-state index contributed by atoms with van der Waals surface area (Å²) in [7, 11) is 0. The van der Waals surface area contributed by atoms with Crippen molar-refractivity contribution in [2.75, 3.05) is 38.6 Å². The van der Waals surface area contributed by atoms with Crippen LogP contribution in [0.2, 0.25) is 0 Å². The van der Waals surface area contributed by atoms with E-state index in [0.29, 0.717) is 37.8 Å². The first-order chi connectivity index (χ1) is 12.6. The van der Waals surface area contributed by atoms with E-state index in [1.807, 2.05) is 25.1 Å². The number of carbonyl (C=O) groups excluding carboxylic acids is 3. The van der Waals surface area contributed by atoms with Gasteiger partial charge >= 0.3 is 6.03 Å². The Morgan fingerprint density at radius 3 is 2.73 bits per heavy atom. The lowest BCUT2D eigenvalue weighted by Gasteiger charge is -2.24. The molecule has 3 rings (SSSR count). The van der Waals surface area contributed by atoms with Crippen molar-refractivity contribution in [3.05, 3.63) is 23.8 Å². The van der Waals surface area contributed by atoms with Gasteiger partial charge in [0.2, 0.25) is 5.91 Å². The lowest BCUT2D eigenvalue weighted by Crippen LogP contribution is -2.43. The molecule has 0 aliphatic carbocycles. The summed E-state index contributed by atoms with van der Waals surface area (Å²) in [5.41, 5.74) is 0.938. The first-order valence-electron chi connectivity index (χ1n) is 8.47. The standard InChI is InChI=1S/C17H21N3O5S/c1-2-19(10-12-3-4-13-14(9-12)25-8-7-24-13)16(22)18-5-6-20-15(21)11-26-17(20)23/h3-4,9H,2,5-8,10-11H2,1H3,(H,18,22). The van der Waals surface area contributed by atoms with Crippen molar-refractivity contribution in [3.8, 4) is 11.5 Å². The summed E-state index contributed by atoms with van der Waals surface area (Å²) < 4.78 is 11.1. The molecular formula is C17H21N3O5S. The van der Waals surface area contributed by atoms with Gasteiger partial charge in [0.25, 0.3) is 5.24 Å². The highest BCUT2D eigenvalue weighted by atomic mass is 32.2. The molecule has 1 N–H and O–H groups in total. The fourth-order valence-electron chi connectivity index (χ4n) is 2.72. The van der Waals surface area contributed by atoms with Crippen LogP contribution in [-0.4, -0.2) is 65.6 Å². The molecule has 0 atom stereocenters. The number of rotatable bonds is 6. The maximum Gasteiger partial charge on any atom is 0.317 e. The van der Waals surface area contributed by atoms with Gasteiger partial charge in [-0.25, -0.2) is 4.79 Å². The minimum absolute atomic E-state index is 0.179. The van der Waals surface area contributed by atoms with E-state index in [0.717, 1.165) is 17.3 Å². The number of carbonyl (C=O) groups is 3. The van der Waals surface area contributed by atoms with Gasteiger partial charge in [-0.15, -0.1) is 0 Å². The average molecular weight is 379 g/mol. The molecule has 1 aromatic rings. The third kappa shape index (κ3) is 4.21. The second-order valence-corrected chi connectivity index (χ2v) is 6.75. The largest absolute Gasteiger partial charge is 0.486 e. The summed E-state index contributed by atoms with van der Waals surface area (Å²) >= 11 is 0.988. The molecule has 2 heterocycles. The monoisotopic (exact) mass is 379 g/mol. The summed E-state index contributed by atoms with van der Waals surface area (Å²) in [5.74, 6) is 1.37. The predicted octanol–water partition coefficient (Wildman–Crippen LogP) is 1.68. The van der Waals surface area contributed by atoms with Gasteiger partial charge in [-0.1, -0.05) is 17.8 Å². The summed E-state index contributed by atoms with van der Waals surface area (Å²) in [6.45, 7) is 4.32. The van der Waals surface area contributed by atoms with Crippen LogP contribution >= 0.6 is 11.8 Å². The molecule has 0 radical (unpaired) electrons. The SMILES string of the molecule is CCN(Cc1ccc2c(c1)OCCO2)C(=O)NCCN1C(=O)CSC1=O. The average Bonchev–Trinajstić information content (AvgIpc) is 2.97. The Kier molecular flexibility index (Phi) is 5.87. The van der Waals surface area contributed by atoms with E-state index in [-0.39, 0.29) is 36.0 Å². The molecule has 2 aliphatic rings. The molecule has 0 aromatic heterocycles. The topological polar surface area (TPSA) is 88.2 Å². The molecule has 2 aliphatic heterocycles. The van der Waals surface area contributed by atoms with E-state index in [4.69, 9.17) is 9.47 Å². The Hall–Kier alpha value is -2.42. The van der Waals surface area contributed by atoms with Crippen LogP contribution in [-0.2, 0) is 11.3 Å². The third-order valence-electron chi connectivity index (χ3n) is 4.10. The highest BCUT2D eigenvalue weighted by molar-refractivity contribution is 8.14. The maximum atomic E-state index is 12.4. The second kappa shape index (κ2) is 8.31. The minimum Gasteiger partial charge on any atom is -0.486 e. The van der Waals surface area contributed by atoms with Crippen LogP contribution in [0.4, 0.5) is 9.59 Å². The van der Waals surface area contributed by atoms with Crippen molar-refractivity contribution in [1.29, 1.82) is 0 Å². The molecule has 1 aromatic carbocycles. The van der Waals surface area contributed by atoms with Gasteiger partial charge in [0.1, 0.15) is 13.2 Å². The van der Waals surface area contributed by atoms with Crippen LogP contribution in [0.15, 0.2) is 18.2 Å². The van der Waals surface area contributed by atoms with Crippen LogP contribution in [0.5, 0.6) is 11.5 Å². The van der Waals surface area contributed by atoms with Gasteiger partial charge in [-0.05, 0) is 24.6 Å². The van der Waals surface area contributed by atoms with Crippen molar-refractivity contribution < 1.29 is 23.9 Å². The molecule has 0 saturated carbocycles. The third-order valence-corrected chi connectivity index (χ3v) is 4.96. The zero-order chi connectivity index (χ0) is 18.5. The van der Waals surface area contributed by atoms with Crippen molar-refractivity contribution in [3.63, 3.8) is 0 Å². The lowest BCUT2D eigenvalue weighted by molar-refractivity contribution is -0.124. The first kappa shape index (κ1) is 18.4. The van der Waals surface area contributed by atoms with Crippen molar-refractivity contribution in [2.24, 2.45) is 0 Å². The highest BCUT2D eigenvalue weighted by Gasteiger charge is 2.29. The van der Waals surface area contributed by atoms with Gasteiger partial charge < -0.3 is 19.7 Å². The van der Waals surface area contributed by atoms with E-state index < -0.39 is 0 Å². The molecule has 140 valence electrons. The van der Waals surface area contributed by atoms with Gasteiger partial charge in [-0.3, -0.25) is 14.5 Å². The van der Waals surface area contributed by atoms with Crippen LogP contribution in [0.25, 0.3) is 0 Å². The van der Waals surface area contributed by atoms with Crippen LogP contribution in [0.1, 0.15) is 12.5 Å². The summed E-state index contributed by atoms with van der Waals surface area (Å²) in [6.07, 6.45) is 0. The number of nitrogens with one attached hydrogen (secondary N) is 1. The Morgan fingerprint density at radius 1 is 1.27 bits per heavy atom. The number of imide groups is 1. The molecular weight excluding hydrogens is 358 g/mol. The smallest absolute Gasteiger partial charge is 0.317 e. The predicted molar refractivity (Wildman–Crippen MR) is 96.5 cm³/mol. The minimum atomic E-state index is -0.257. The van der Waals surface area contributed by atoms with Crippen LogP contribution in [0, 0.1) is 0 Å².